The summed E-state index contributed by atoms with van der Waals surface area (Å²) in [6.07, 6.45) is 0.00602. The number of halogens is 4. The quantitative estimate of drug-likeness (QED) is 0.791. The highest BCUT2D eigenvalue weighted by Crippen LogP contribution is 2.36. The lowest BCUT2D eigenvalue weighted by Crippen LogP contribution is -2.51. The molecule has 0 aliphatic heterocycles. The number of nitrogens with one attached hydrogen (secondary N) is 1. The number of hydrogen-bond acceptors (Lipinski definition) is 1. The van der Waals surface area contributed by atoms with Crippen LogP contribution in [0.15, 0.2) is 0 Å². The van der Waals surface area contributed by atoms with E-state index in [4.69, 9.17) is 23.2 Å². The second kappa shape index (κ2) is 5.70. The van der Waals surface area contributed by atoms with E-state index in [-0.39, 0.29) is 49.3 Å². The molecule has 1 fully saturated rings. The second-order valence-corrected chi connectivity index (χ2v) is 5.48. The third-order valence-corrected chi connectivity index (χ3v) is 4.28. The molecule has 2 nitrogen and oxygen atoms in total. The van der Waals surface area contributed by atoms with E-state index in [1.165, 1.54) is 0 Å². The third kappa shape index (κ3) is 4.25. The first-order valence-electron chi connectivity index (χ1n) is 5.64. The number of amides is 1. The van der Waals surface area contributed by atoms with Gasteiger partial charge in [-0.2, -0.15) is 0 Å². The lowest BCUT2D eigenvalue weighted by atomic mass is 9.85. The molecule has 1 rings (SSSR count). The first-order valence-corrected chi connectivity index (χ1v) is 6.71. The van der Waals surface area contributed by atoms with E-state index >= 15 is 0 Å². The van der Waals surface area contributed by atoms with Crippen molar-refractivity contribution >= 4 is 29.1 Å². The first-order chi connectivity index (χ1) is 7.82. The number of alkyl halides is 4. The van der Waals surface area contributed by atoms with Gasteiger partial charge in [0, 0.05) is 30.5 Å². The molecule has 0 saturated heterocycles. The van der Waals surface area contributed by atoms with Crippen LogP contribution in [0, 0.1) is 5.92 Å². The van der Waals surface area contributed by atoms with Crippen LogP contribution in [0.5, 0.6) is 0 Å². The average Bonchev–Trinajstić information content (AvgIpc) is 2.28. The Balaban J connectivity index is 2.50. The molecule has 0 aromatic rings. The van der Waals surface area contributed by atoms with Crippen molar-refractivity contribution in [2.24, 2.45) is 5.92 Å². The van der Waals surface area contributed by atoms with Gasteiger partial charge in [0.05, 0.1) is 5.54 Å². The van der Waals surface area contributed by atoms with Gasteiger partial charge in [0.25, 0.3) is 0 Å². The fraction of sp³-hybridized carbons (Fsp3) is 0.909. The Morgan fingerprint density at radius 1 is 1.35 bits per heavy atom. The third-order valence-electron chi connectivity index (χ3n) is 3.10. The van der Waals surface area contributed by atoms with Crippen LogP contribution in [0.2, 0.25) is 0 Å². The molecular weight excluding hydrogens is 271 g/mol. The maximum Gasteiger partial charge on any atom is 0.248 e. The molecule has 1 amide bonds. The Kier molecular flexibility index (Phi) is 5.02. The molecule has 100 valence electrons. The molecule has 0 unspecified atom stereocenters. The number of hydrogen-bond donors (Lipinski definition) is 1. The molecule has 0 bridgehead atoms. The van der Waals surface area contributed by atoms with Crippen molar-refractivity contribution in [1.82, 2.24) is 5.32 Å². The van der Waals surface area contributed by atoms with Crippen LogP contribution in [-0.2, 0) is 4.79 Å². The zero-order valence-electron chi connectivity index (χ0n) is 9.74. The predicted molar refractivity (Wildman–Crippen MR) is 64.9 cm³/mol. The van der Waals surface area contributed by atoms with Gasteiger partial charge >= 0.3 is 0 Å². The summed E-state index contributed by atoms with van der Waals surface area (Å²) in [6.45, 7) is 1.74. The van der Waals surface area contributed by atoms with Crippen LogP contribution in [0.25, 0.3) is 0 Å². The van der Waals surface area contributed by atoms with Crippen molar-refractivity contribution in [2.45, 2.75) is 44.1 Å². The minimum Gasteiger partial charge on any atom is -0.348 e. The highest BCUT2D eigenvalue weighted by atomic mass is 35.5. The van der Waals surface area contributed by atoms with E-state index < -0.39 is 11.5 Å². The minimum atomic E-state index is -2.61. The smallest absolute Gasteiger partial charge is 0.248 e. The lowest BCUT2D eigenvalue weighted by Gasteiger charge is -2.32. The second-order valence-electron chi connectivity index (χ2n) is 4.95. The van der Waals surface area contributed by atoms with Gasteiger partial charge in [0.15, 0.2) is 0 Å². The molecule has 1 aliphatic rings. The molecule has 1 saturated carbocycles. The summed E-state index contributed by atoms with van der Waals surface area (Å²) in [6, 6.07) is 0. The van der Waals surface area contributed by atoms with Crippen LogP contribution < -0.4 is 5.32 Å². The summed E-state index contributed by atoms with van der Waals surface area (Å²) in [5.74, 6) is -2.78. The van der Waals surface area contributed by atoms with Crippen molar-refractivity contribution in [3.63, 3.8) is 0 Å². The summed E-state index contributed by atoms with van der Waals surface area (Å²) >= 11 is 11.4. The molecule has 0 heterocycles. The van der Waals surface area contributed by atoms with Gasteiger partial charge in [-0.25, -0.2) is 8.78 Å². The lowest BCUT2D eigenvalue weighted by molar-refractivity contribution is -0.130. The normalized spacial score (nSPS) is 21.2. The summed E-state index contributed by atoms with van der Waals surface area (Å²) in [7, 11) is 0. The molecule has 6 heteroatoms. The maximum atomic E-state index is 12.9. The molecule has 0 aromatic heterocycles. The molecule has 0 radical (unpaired) electrons. The Morgan fingerprint density at radius 2 is 1.82 bits per heavy atom. The van der Waals surface area contributed by atoms with Gasteiger partial charge in [-0.05, 0) is 19.8 Å². The monoisotopic (exact) mass is 287 g/mol. The van der Waals surface area contributed by atoms with Gasteiger partial charge in [-0.1, -0.05) is 0 Å². The molecule has 0 aromatic carbocycles. The van der Waals surface area contributed by atoms with Crippen LogP contribution in [0.4, 0.5) is 8.78 Å². The number of carbonyl (C=O) groups excluding carboxylic acids is 1. The van der Waals surface area contributed by atoms with Crippen molar-refractivity contribution in [1.29, 1.82) is 0 Å². The standard InChI is InChI=1S/C11H17Cl2F2NO/c1-10(6-12,7-13)16-9(17)8-2-4-11(14,15)5-3-8/h8H,2-7H2,1H3,(H,16,17). The van der Waals surface area contributed by atoms with Gasteiger partial charge in [0.2, 0.25) is 11.8 Å². The maximum absolute atomic E-state index is 12.9. The van der Waals surface area contributed by atoms with E-state index in [2.05, 4.69) is 5.32 Å². The summed E-state index contributed by atoms with van der Waals surface area (Å²) < 4.78 is 25.9. The highest BCUT2D eigenvalue weighted by Gasteiger charge is 2.38. The van der Waals surface area contributed by atoms with Crippen molar-refractivity contribution in [3.05, 3.63) is 0 Å². The first kappa shape index (κ1) is 15.0. The van der Waals surface area contributed by atoms with E-state index in [0.717, 1.165) is 0 Å². The zero-order valence-corrected chi connectivity index (χ0v) is 11.3. The molecule has 0 spiro atoms. The van der Waals surface area contributed by atoms with E-state index in [1.54, 1.807) is 6.92 Å². The van der Waals surface area contributed by atoms with Crippen LogP contribution >= 0.6 is 23.2 Å². The van der Waals surface area contributed by atoms with E-state index in [9.17, 15) is 13.6 Å². The SMILES string of the molecule is CC(CCl)(CCl)NC(=O)C1CCC(F)(F)CC1. The molecule has 0 atom stereocenters. The van der Waals surface area contributed by atoms with Crippen LogP contribution in [0.3, 0.4) is 0 Å². The van der Waals surface area contributed by atoms with Gasteiger partial charge < -0.3 is 5.32 Å². The Morgan fingerprint density at radius 3 is 2.24 bits per heavy atom. The van der Waals surface area contributed by atoms with Crippen LogP contribution in [0.1, 0.15) is 32.6 Å². The fourth-order valence-corrected chi connectivity index (χ4v) is 2.22. The van der Waals surface area contributed by atoms with Gasteiger partial charge in [0.1, 0.15) is 0 Å². The van der Waals surface area contributed by atoms with Gasteiger partial charge in [-0.15, -0.1) is 23.2 Å². The Hall–Kier alpha value is -0.0900. The highest BCUT2D eigenvalue weighted by molar-refractivity contribution is 6.22. The zero-order chi connectivity index (χ0) is 13.1. The minimum absolute atomic E-state index is 0.200. The van der Waals surface area contributed by atoms with Crippen molar-refractivity contribution in [3.8, 4) is 0 Å². The largest absolute Gasteiger partial charge is 0.348 e. The van der Waals surface area contributed by atoms with Gasteiger partial charge in [-0.3, -0.25) is 4.79 Å². The Bertz CT molecular complexity index is 273. The van der Waals surface area contributed by atoms with E-state index in [0.29, 0.717) is 0 Å². The number of rotatable bonds is 4. The topological polar surface area (TPSA) is 29.1 Å². The summed E-state index contributed by atoms with van der Waals surface area (Å²) in [5, 5.41) is 2.74. The van der Waals surface area contributed by atoms with Crippen molar-refractivity contribution < 1.29 is 13.6 Å². The van der Waals surface area contributed by atoms with E-state index in [1.807, 2.05) is 0 Å². The predicted octanol–water partition coefficient (Wildman–Crippen LogP) is 3.16. The summed E-state index contributed by atoms with van der Waals surface area (Å²) in [5.41, 5.74) is -0.667. The average molecular weight is 288 g/mol. The van der Waals surface area contributed by atoms with Crippen LogP contribution in [-0.4, -0.2) is 29.1 Å². The molecule has 1 N–H and O–H groups in total. The number of carbonyl (C=O) groups is 1. The molecule has 1 aliphatic carbocycles. The Labute approximate surface area is 110 Å². The molecule has 17 heavy (non-hydrogen) atoms. The fourth-order valence-electron chi connectivity index (χ4n) is 1.80. The van der Waals surface area contributed by atoms with Crippen molar-refractivity contribution in [2.75, 3.05) is 11.8 Å². The molecular formula is C11H17Cl2F2NO. The summed E-state index contributed by atoms with van der Waals surface area (Å²) in [4.78, 5) is 11.9.